The van der Waals surface area contributed by atoms with Crippen LogP contribution < -0.4 is 5.32 Å². The summed E-state index contributed by atoms with van der Waals surface area (Å²) in [5, 5.41) is 3.01. The van der Waals surface area contributed by atoms with Crippen molar-refractivity contribution in [3.8, 4) is 0 Å². The third-order valence-electron chi connectivity index (χ3n) is 1.26. The number of hydrogen-bond acceptors (Lipinski definition) is 1. The van der Waals surface area contributed by atoms with Gasteiger partial charge in [0, 0.05) is 23.7 Å². The van der Waals surface area contributed by atoms with Crippen LogP contribution in [0.2, 0.25) is 5.02 Å². The van der Waals surface area contributed by atoms with Gasteiger partial charge >= 0.3 is 0 Å². The largest absolute Gasteiger partial charge is 0.355 e. The quantitative estimate of drug-likeness (QED) is 0.677. The molecule has 0 aliphatic carbocycles. The summed E-state index contributed by atoms with van der Waals surface area (Å²) in [6, 6.07) is 7.56. The van der Waals surface area contributed by atoms with Crippen LogP contribution in [0, 0.1) is 6.07 Å². The highest BCUT2D eigenvalue weighted by molar-refractivity contribution is 6.30. The molecule has 1 radical (unpaired) electrons. The first kappa shape index (κ1) is 8.08. The highest BCUT2D eigenvalue weighted by atomic mass is 35.5. The Bertz CT molecular complexity index is 255. The van der Waals surface area contributed by atoms with Crippen molar-refractivity contribution in [1.82, 2.24) is 5.32 Å². The topological polar surface area (TPSA) is 29.1 Å². The zero-order valence-electron chi connectivity index (χ0n) is 6.02. The summed E-state index contributed by atoms with van der Waals surface area (Å²) in [6.45, 7) is 0. The van der Waals surface area contributed by atoms with Crippen LogP contribution in [-0.4, -0.2) is 13.0 Å². The third-order valence-corrected chi connectivity index (χ3v) is 1.50. The summed E-state index contributed by atoms with van der Waals surface area (Å²) in [4.78, 5) is 11.0. The SMILES string of the molecule is CNC(=O)c1c[c]c(Cl)cc1. The number of amides is 1. The van der Waals surface area contributed by atoms with Crippen LogP contribution in [0.1, 0.15) is 10.4 Å². The summed E-state index contributed by atoms with van der Waals surface area (Å²) in [7, 11) is 1.58. The number of carbonyl (C=O) groups excluding carboxylic acids is 1. The lowest BCUT2D eigenvalue weighted by atomic mass is 10.2. The summed E-state index contributed by atoms with van der Waals surface area (Å²) >= 11 is 5.57. The van der Waals surface area contributed by atoms with Crippen LogP contribution in [0.5, 0.6) is 0 Å². The smallest absolute Gasteiger partial charge is 0.251 e. The average Bonchev–Trinajstić information content (AvgIpc) is 2.05. The van der Waals surface area contributed by atoms with Crippen LogP contribution in [-0.2, 0) is 0 Å². The molecule has 0 spiro atoms. The second-order valence-corrected chi connectivity index (χ2v) is 2.41. The highest BCUT2D eigenvalue weighted by Crippen LogP contribution is 2.07. The Morgan fingerprint density at radius 2 is 2.36 bits per heavy atom. The van der Waals surface area contributed by atoms with Gasteiger partial charge in [0.2, 0.25) is 0 Å². The highest BCUT2D eigenvalue weighted by Gasteiger charge is 2.00. The van der Waals surface area contributed by atoms with Crippen LogP contribution in [0.4, 0.5) is 0 Å². The Balaban J connectivity index is 2.90. The molecule has 0 bridgehead atoms. The van der Waals surface area contributed by atoms with Gasteiger partial charge in [0.15, 0.2) is 0 Å². The van der Waals surface area contributed by atoms with Crippen molar-refractivity contribution in [3.05, 3.63) is 34.9 Å². The molecule has 0 saturated heterocycles. The fourth-order valence-electron chi connectivity index (χ4n) is 0.691. The Labute approximate surface area is 70.2 Å². The molecule has 1 amide bonds. The molecule has 3 heteroatoms. The second kappa shape index (κ2) is 3.39. The average molecular weight is 169 g/mol. The number of nitrogens with one attached hydrogen (secondary N) is 1. The van der Waals surface area contributed by atoms with Crippen molar-refractivity contribution in [1.29, 1.82) is 0 Å². The zero-order chi connectivity index (χ0) is 8.27. The van der Waals surface area contributed by atoms with Gasteiger partial charge in [0.05, 0.1) is 0 Å². The molecule has 57 valence electrons. The minimum Gasteiger partial charge on any atom is -0.355 e. The molecule has 0 unspecified atom stereocenters. The number of halogens is 1. The molecule has 1 aromatic carbocycles. The fraction of sp³-hybridized carbons (Fsp3) is 0.125. The summed E-state index contributed by atoms with van der Waals surface area (Å²) in [6.07, 6.45) is 0. The zero-order valence-corrected chi connectivity index (χ0v) is 6.77. The van der Waals surface area contributed by atoms with Crippen molar-refractivity contribution in [2.45, 2.75) is 0 Å². The van der Waals surface area contributed by atoms with Gasteiger partial charge in [-0.15, -0.1) is 0 Å². The number of carbonyl (C=O) groups is 1. The van der Waals surface area contributed by atoms with E-state index in [-0.39, 0.29) is 5.91 Å². The normalized spacial score (nSPS) is 9.27. The molecule has 1 N–H and O–H groups in total. The lowest BCUT2D eigenvalue weighted by Crippen LogP contribution is -2.17. The standard InChI is InChI=1S/C8H7ClNO/c1-10-8(11)6-2-4-7(9)5-3-6/h2-4H,1H3,(H,10,11). The molecule has 0 aliphatic heterocycles. The predicted molar refractivity (Wildman–Crippen MR) is 43.7 cm³/mol. The Hall–Kier alpha value is -1.02. The molecule has 1 aromatic rings. The molecular formula is C8H7ClNO. The van der Waals surface area contributed by atoms with Crippen LogP contribution in [0.25, 0.3) is 0 Å². The van der Waals surface area contributed by atoms with Crippen molar-refractivity contribution < 1.29 is 4.79 Å². The van der Waals surface area contributed by atoms with Crippen molar-refractivity contribution >= 4 is 17.5 Å². The minimum atomic E-state index is -0.127. The molecule has 0 atom stereocenters. The van der Waals surface area contributed by atoms with E-state index in [0.29, 0.717) is 10.6 Å². The predicted octanol–water partition coefficient (Wildman–Crippen LogP) is 1.50. The molecular weight excluding hydrogens is 162 g/mol. The summed E-state index contributed by atoms with van der Waals surface area (Å²) in [5.74, 6) is -0.127. The lowest BCUT2D eigenvalue weighted by molar-refractivity contribution is 0.0963. The molecule has 0 heterocycles. The van der Waals surface area contributed by atoms with E-state index >= 15 is 0 Å². The maximum Gasteiger partial charge on any atom is 0.251 e. The van der Waals surface area contributed by atoms with E-state index in [1.165, 1.54) is 0 Å². The first-order valence-electron chi connectivity index (χ1n) is 3.13. The van der Waals surface area contributed by atoms with Crippen LogP contribution in [0.3, 0.4) is 0 Å². The minimum absolute atomic E-state index is 0.127. The van der Waals surface area contributed by atoms with Gasteiger partial charge < -0.3 is 5.32 Å². The number of benzene rings is 1. The third kappa shape index (κ3) is 1.95. The van der Waals surface area contributed by atoms with Gasteiger partial charge in [0.25, 0.3) is 5.91 Å². The molecule has 1 rings (SSSR count). The van der Waals surface area contributed by atoms with Crippen molar-refractivity contribution in [2.75, 3.05) is 7.05 Å². The Kier molecular flexibility index (Phi) is 2.49. The molecule has 0 saturated carbocycles. The maximum atomic E-state index is 11.0. The molecule has 0 aromatic heterocycles. The van der Waals surface area contributed by atoms with Gasteiger partial charge in [-0.1, -0.05) is 11.6 Å². The number of rotatable bonds is 1. The second-order valence-electron chi connectivity index (χ2n) is 2.00. The van der Waals surface area contributed by atoms with E-state index in [9.17, 15) is 4.79 Å². The van der Waals surface area contributed by atoms with Gasteiger partial charge in [-0.25, -0.2) is 0 Å². The first-order valence-corrected chi connectivity index (χ1v) is 3.51. The molecule has 2 nitrogen and oxygen atoms in total. The maximum absolute atomic E-state index is 11.0. The van der Waals surface area contributed by atoms with Gasteiger partial charge in [-0.3, -0.25) is 4.79 Å². The van der Waals surface area contributed by atoms with E-state index < -0.39 is 0 Å². The van der Waals surface area contributed by atoms with E-state index in [2.05, 4.69) is 11.4 Å². The molecule has 0 fully saturated rings. The fourth-order valence-corrected chi connectivity index (χ4v) is 0.809. The van der Waals surface area contributed by atoms with Crippen LogP contribution in [0.15, 0.2) is 18.2 Å². The summed E-state index contributed by atoms with van der Waals surface area (Å²) in [5.41, 5.74) is 0.567. The van der Waals surface area contributed by atoms with Gasteiger partial charge in [-0.05, 0) is 18.2 Å². The van der Waals surface area contributed by atoms with Crippen molar-refractivity contribution in [2.24, 2.45) is 0 Å². The van der Waals surface area contributed by atoms with E-state index in [0.717, 1.165) is 0 Å². The van der Waals surface area contributed by atoms with Gasteiger partial charge in [-0.2, -0.15) is 0 Å². The first-order chi connectivity index (χ1) is 5.24. The molecule has 0 aliphatic rings. The Morgan fingerprint density at radius 1 is 1.64 bits per heavy atom. The van der Waals surface area contributed by atoms with E-state index in [1.807, 2.05) is 0 Å². The Morgan fingerprint density at radius 3 is 2.82 bits per heavy atom. The van der Waals surface area contributed by atoms with E-state index in [1.54, 1.807) is 25.2 Å². The molecule has 11 heavy (non-hydrogen) atoms. The van der Waals surface area contributed by atoms with Crippen LogP contribution >= 0.6 is 11.6 Å². The summed E-state index contributed by atoms with van der Waals surface area (Å²) < 4.78 is 0. The monoisotopic (exact) mass is 168 g/mol. The lowest BCUT2D eigenvalue weighted by Gasteiger charge is -1.97. The van der Waals surface area contributed by atoms with Crippen molar-refractivity contribution in [3.63, 3.8) is 0 Å². The van der Waals surface area contributed by atoms with E-state index in [4.69, 9.17) is 11.6 Å². The number of hydrogen-bond donors (Lipinski definition) is 1. The van der Waals surface area contributed by atoms with Gasteiger partial charge in [0.1, 0.15) is 0 Å².